The molecule has 3 rings (SSSR count). The zero-order chi connectivity index (χ0) is 17.5. The molecule has 0 amide bonds. The van der Waals surface area contributed by atoms with Gasteiger partial charge in [-0.25, -0.2) is 0 Å². The van der Waals surface area contributed by atoms with Crippen LogP contribution in [-0.2, 0) is 0 Å². The maximum absolute atomic E-state index is 10.0. The molecule has 2 aromatic carbocycles. The van der Waals surface area contributed by atoms with E-state index in [1.807, 2.05) is 24.3 Å². The van der Waals surface area contributed by atoms with E-state index in [2.05, 4.69) is 34.9 Å². The van der Waals surface area contributed by atoms with Crippen molar-refractivity contribution in [2.24, 2.45) is 0 Å². The number of nitrogens with one attached hydrogen (secondary N) is 2. The normalized spacial score (nSPS) is 16.8. The second kappa shape index (κ2) is 8.74. The molecule has 0 aliphatic carbocycles. The van der Waals surface area contributed by atoms with Gasteiger partial charge in [-0.05, 0) is 48.9 Å². The third-order valence-corrected chi connectivity index (χ3v) is 4.49. The van der Waals surface area contributed by atoms with Crippen LogP contribution >= 0.6 is 0 Å². The molecule has 134 valence electrons. The smallest absolute Gasteiger partial charge is 0.119 e. The van der Waals surface area contributed by atoms with Gasteiger partial charge in [-0.3, -0.25) is 0 Å². The van der Waals surface area contributed by atoms with E-state index < -0.39 is 6.10 Å². The van der Waals surface area contributed by atoms with E-state index in [1.54, 1.807) is 7.11 Å². The fourth-order valence-electron chi connectivity index (χ4n) is 3.08. The maximum atomic E-state index is 10.0. The lowest BCUT2D eigenvalue weighted by atomic mass is 9.98. The highest BCUT2D eigenvalue weighted by molar-refractivity contribution is 5.57. The van der Waals surface area contributed by atoms with E-state index in [-0.39, 0.29) is 6.61 Å². The largest absolute Gasteiger partial charge is 0.497 e. The Hall–Kier alpha value is -2.24. The minimum Gasteiger partial charge on any atom is -0.497 e. The third-order valence-electron chi connectivity index (χ3n) is 4.49. The van der Waals surface area contributed by atoms with Crippen LogP contribution in [0.25, 0.3) is 0 Å². The number of benzene rings is 2. The number of rotatable bonds is 9. The molecule has 0 aromatic heterocycles. The van der Waals surface area contributed by atoms with Gasteiger partial charge in [0, 0.05) is 24.7 Å². The zero-order valence-electron chi connectivity index (χ0n) is 14.6. The minimum absolute atomic E-state index is 0.271. The summed E-state index contributed by atoms with van der Waals surface area (Å²) in [6.07, 6.45) is 0.520. The van der Waals surface area contributed by atoms with Crippen molar-refractivity contribution in [1.29, 1.82) is 0 Å². The van der Waals surface area contributed by atoms with E-state index in [4.69, 9.17) is 9.47 Å². The number of fused-ring (bicyclic) bond motifs is 1. The van der Waals surface area contributed by atoms with Crippen LogP contribution in [0.5, 0.6) is 11.5 Å². The van der Waals surface area contributed by atoms with Gasteiger partial charge in [0.15, 0.2) is 0 Å². The summed E-state index contributed by atoms with van der Waals surface area (Å²) in [5, 5.41) is 16.8. The van der Waals surface area contributed by atoms with Gasteiger partial charge in [-0.2, -0.15) is 0 Å². The highest BCUT2D eigenvalue weighted by atomic mass is 16.5. The number of aliphatic hydroxyl groups excluding tert-OH is 1. The average Bonchev–Trinajstić information content (AvgIpc) is 3.07. The second-order valence-electron chi connectivity index (χ2n) is 6.30. The number of methoxy groups -OCH3 is 1. The number of hydrogen-bond donors (Lipinski definition) is 3. The van der Waals surface area contributed by atoms with Crippen molar-refractivity contribution in [3.63, 3.8) is 0 Å². The molecule has 5 heteroatoms. The number of aliphatic hydroxyl groups is 1. The van der Waals surface area contributed by atoms with Crippen molar-refractivity contribution in [2.45, 2.75) is 18.4 Å². The monoisotopic (exact) mass is 342 g/mol. The van der Waals surface area contributed by atoms with Crippen molar-refractivity contribution in [2.75, 3.05) is 38.7 Å². The molecular weight excluding hydrogens is 316 g/mol. The lowest BCUT2D eigenvalue weighted by Gasteiger charge is -2.15. The molecule has 0 radical (unpaired) electrons. The maximum Gasteiger partial charge on any atom is 0.119 e. The summed E-state index contributed by atoms with van der Waals surface area (Å²) < 4.78 is 10.7. The molecule has 1 aliphatic rings. The van der Waals surface area contributed by atoms with Gasteiger partial charge < -0.3 is 25.2 Å². The van der Waals surface area contributed by atoms with Crippen LogP contribution in [0.2, 0.25) is 0 Å². The van der Waals surface area contributed by atoms with Gasteiger partial charge in [0.1, 0.15) is 24.2 Å². The number of anilines is 1. The van der Waals surface area contributed by atoms with Gasteiger partial charge in [0.2, 0.25) is 0 Å². The van der Waals surface area contributed by atoms with Crippen LogP contribution in [0.1, 0.15) is 17.9 Å². The Morgan fingerprint density at radius 3 is 2.72 bits per heavy atom. The average molecular weight is 342 g/mol. The zero-order valence-corrected chi connectivity index (χ0v) is 14.6. The van der Waals surface area contributed by atoms with E-state index in [0.717, 1.165) is 31.0 Å². The van der Waals surface area contributed by atoms with Crippen molar-refractivity contribution < 1.29 is 14.6 Å². The first-order valence-electron chi connectivity index (χ1n) is 8.74. The SMILES string of the molecule is COc1ccc(OCC(O)CNCCC2CNc3ccccc32)cc1. The van der Waals surface area contributed by atoms with Crippen LogP contribution in [0.15, 0.2) is 48.5 Å². The molecule has 1 heterocycles. The van der Waals surface area contributed by atoms with Crippen molar-refractivity contribution in [3.05, 3.63) is 54.1 Å². The highest BCUT2D eigenvalue weighted by Gasteiger charge is 2.20. The van der Waals surface area contributed by atoms with Crippen molar-refractivity contribution >= 4 is 5.69 Å². The van der Waals surface area contributed by atoms with Crippen molar-refractivity contribution in [3.8, 4) is 11.5 Å². The quantitative estimate of drug-likeness (QED) is 0.612. The topological polar surface area (TPSA) is 62.8 Å². The Morgan fingerprint density at radius 1 is 1.16 bits per heavy atom. The molecule has 0 saturated carbocycles. The Labute approximate surface area is 149 Å². The standard InChI is InChI=1S/C20H26N2O3/c1-24-17-6-8-18(9-7-17)25-14-16(23)13-21-11-10-15-12-22-20-5-3-2-4-19(15)20/h2-9,15-16,21-23H,10-14H2,1H3. The lowest BCUT2D eigenvalue weighted by molar-refractivity contribution is 0.106. The molecule has 0 bridgehead atoms. The molecule has 0 saturated heterocycles. The molecule has 0 spiro atoms. The van der Waals surface area contributed by atoms with E-state index in [0.29, 0.717) is 12.5 Å². The predicted octanol–water partition coefficient (Wildman–Crippen LogP) is 2.62. The van der Waals surface area contributed by atoms with Gasteiger partial charge in [-0.1, -0.05) is 18.2 Å². The first-order chi connectivity index (χ1) is 12.3. The van der Waals surface area contributed by atoms with Crippen LogP contribution in [-0.4, -0.2) is 44.6 Å². The number of ether oxygens (including phenoxy) is 2. The van der Waals surface area contributed by atoms with Gasteiger partial charge in [0.25, 0.3) is 0 Å². The summed E-state index contributed by atoms with van der Waals surface area (Å²) in [7, 11) is 1.63. The lowest BCUT2D eigenvalue weighted by Crippen LogP contribution is -2.32. The van der Waals surface area contributed by atoms with Crippen LogP contribution in [0.4, 0.5) is 5.69 Å². The Morgan fingerprint density at radius 2 is 1.92 bits per heavy atom. The predicted molar refractivity (Wildman–Crippen MR) is 99.7 cm³/mol. The molecule has 2 aromatic rings. The Bertz CT molecular complexity index is 660. The fraction of sp³-hybridized carbons (Fsp3) is 0.400. The number of hydrogen-bond acceptors (Lipinski definition) is 5. The summed E-state index contributed by atoms with van der Waals surface area (Å²) in [4.78, 5) is 0. The molecular formula is C20H26N2O3. The first-order valence-corrected chi connectivity index (χ1v) is 8.74. The molecule has 25 heavy (non-hydrogen) atoms. The van der Waals surface area contributed by atoms with Gasteiger partial charge >= 0.3 is 0 Å². The Kier molecular flexibility index (Phi) is 6.14. The van der Waals surface area contributed by atoms with E-state index in [1.165, 1.54) is 11.3 Å². The molecule has 1 aliphatic heterocycles. The minimum atomic E-state index is -0.531. The summed E-state index contributed by atoms with van der Waals surface area (Å²) >= 11 is 0. The summed E-state index contributed by atoms with van der Waals surface area (Å²) in [5.41, 5.74) is 2.65. The van der Waals surface area contributed by atoms with Crippen molar-refractivity contribution in [1.82, 2.24) is 5.32 Å². The van der Waals surface area contributed by atoms with Crippen LogP contribution in [0, 0.1) is 0 Å². The molecule has 5 nitrogen and oxygen atoms in total. The molecule has 2 unspecified atom stereocenters. The van der Waals surface area contributed by atoms with E-state index in [9.17, 15) is 5.11 Å². The van der Waals surface area contributed by atoms with Crippen LogP contribution in [0.3, 0.4) is 0 Å². The number of para-hydroxylation sites is 1. The van der Waals surface area contributed by atoms with Crippen LogP contribution < -0.4 is 20.1 Å². The summed E-state index contributed by atoms with van der Waals surface area (Å²) in [5.74, 6) is 2.06. The first kappa shape index (κ1) is 17.6. The summed E-state index contributed by atoms with van der Waals surface area (Å²) in [6, 6.07) is 15.8. The Balaban J connectivity index is 1.32. The molecule has 2 atom stereocenters. The molecule has 0 fully saturated rings. The van der Waals surface area contributed by atoms with Gasteiger partial charge in [-0.15, -0.1) is 0 Å². The summed E-state index contributed by atoms with van der Waals surface area (Å²) in [6.45, 7) is 2.66. The molecule has 3 N–H and O–H groups in total. The fourth-order valence-corrected chi connectivity index (χ4v) is 3.08. The second-order valence-corrected chi connectivity index (χ2v) is 6.30. The highest BCUT2D eigenvalue weighted by Crippen LogP contribution is 2.32. The van der Waals surface area contributed by atoms with Gasteiger partial charge in [0.05, 0.1) is 7.11 Å². The van der Waals surface area contributed by atoms with E-state index >= 15 is 0 Å². The third kappa shape index (κ3) is 4.87.